The van der Waals surface area contributed by atoms with Gasteiger partial charge in [0.2, 0.25) is 0 Å². The summed E-state index contributed by atoms with van der Waals surface area (Å²) in [6, 6.07) is 0. The van der Waals surface area contributed by atoms with Gasteiger partial charge in [-0.1, -0.05) is 0 Å². The number of alkyl halides is 5. The molecule has 1 nitrogen and oxygen atoms in total. The van der Waals surface area contributed by atoms with E-state index in [9.17, 15) is 22.0 Å². The Bertz CT molecular complexity index is 133. The van der Waals surface area contributed by atoms with E-state index < -0.39 is 18.2 Å². The zero-order valence-corrected chi connectivity index (χ0v) is 5.58. The fraction of sp³-hybridized carbons (Fsp3) is 0.800. The van der Waals surface area contributed by atoms with Crippen molar-refractivity contribution in [3.63, 3.8) is 0 Å². The van der Waals surface area contributed by atoms with Gasteiger partial charge in [-0.15, -0.1) is 0 Å². The second-order valence-corrected chi connectivity index (χ2v) is 1.90. The fourth-order valence-corrected chi connectivity index (χ4v) is 0.328. The molecule has 0 rings (SSSR count). The zero-order valence-electron chi connectivity index (χ0n) is 5.58. The number of hydrogen-bond acceptors (Lipinski definition) is 1. The molecule has 0 heterocycles. The van der Waals surface area contributed by atoms with Gasteiger partial charge in [0.1, 0.15) is 0 Å². The van der Waals surface area contributed by atoms with E-state index in [1.54, 1.807) is 0 Å². The van der Waals surface area contributed by atoms with Crippen molar-refractivity contribution >= 4 is 0 Å². The molecule has 11 heavy (non-hydrogen) atoms. The largest absolute Gasteiger partial charge is 0.422 e. The summed E-state index contributed by atoms with van der Waals surface area (Å²) in [5.74, 6) is -4.84. The zero-order chi connectivity index (χ0) is 9.28. The molecule has 0 aromatic heterocycles. The fourth-order valence-electron chi connectivity index (χ4n) is 0.328. The summed E-state index contributed by atoms with van der Waals surface area (Å²) in [6.45, 7) is 0.312. The molecule has 0 spiro atoms. The molecule has 1 atom stereocenters. The van der Waals surface area contributed by atoms with Crippen molar-refractivity contribution in [2.45, 2.75) is 25.1 Å². The van der Waals surface area contributed by atoms with Crippen molar-refractivity contribution in [2.75, 3.05) is 0 Å². The lowest BCUT2D eigenvalue weighted by Gasteiger charge is -2.25. The third kappa shape index (κ3) is 1.79. The molecule has 1 radical (unpaired) electrons. The third-order valence-corrected chi connectivity index (χ3v) is 1.07. The summed E-state index contributed by atoms with van der Waals surface area (Å²) in [5.41, 5.74) is 0. The lowest BCUT2D eigenvalue weighted by molar-refractivity contribution is -0.343. The van der Waals surface area contributed by atoms with Gasteiger partial charge in [0, 0.05) is 0 Å². The van der Waals surface area contributed by atoms with E-state index in [1.165, 1.54) is 0 Å². The molecule has 0 aliphatic heterocycles. The first-order chi connectivity index (χ1) is 4.75. The van der Waals surface area contributed by atoms with Gasteiger partial charge >= 0.3 is 12.0 Å². The summed E-state index contributed by atoms with van der Waals surface area (Å²) in [4.78, 5) is 0. The van der Waals surface area contributed by atoms with Crippen molar-refractivity contribution in [2.24, 2.45) is 0 Å². The second kappa shape index (κ2) is 2.92. The molecule has 1 unspecified atom stereocenters. The Hall–Kier alpha value is -0.390. The number of halogens is 5. The van der Waals surface area contributed by atoms with Crippen molar-refractivity contribution in [1.29, 1.82) is 0 Å². The Kier molecular flexibility index (Phi) is 2.82. The van der Waals surface area contributed by atoms with E-state index in [0.29, 0.717) is 6.92 Å². The van der Waals surface area contributed by atoms with E-state index in [0.717, 1.165) is 0 Å². The maximum absolute atomic E-state index is 12.0. The van der Waals surface area contributed by atoms with Crippen LogP contribution in [0.15, 0.2) is 0 Å². The molecule has 0 aromatic rings. The third-order valence-electron chi connectivity index (χ3n) is 1.07. The second-order valence-electron chi connectivity index (χ2n) is 1.90. The van der Waals surface area contributed by atoms with E-state index in [4.69, 9.17) is 0 Å². The molecule has 6 heteroatoms. The van der Waals surface area contributed by atoms with Crippen LogP contribution in [0.5, 0.6) is 0 Å². The Morgan fingerprint density at radius 1 is 1.27 bits per heavy atom. The van der Waals surface area contributed by atoms with Crippen LogP contribution in [0.2, 0.25) is 0 Å². The van der Waals surface area contributed by atoms with Crippen LogP contribution >= 0.6 is 0 Å². The van der Waals surface area contributed by atoms with Gasteiger partial charge in [-0.3, -0.25) is 0 Å². The molecule has 0 amide bonds. The molecular weight excluding hydrogens is 171 g/mol. The van der Waals surface area contributed by atoms with Gasteiger partial charge in [0.05, 0.1) is 7.11 Å². The van der Waals surface area contributed by atoms with Crippen LogP contribution in [0.3, 0.4) is 0 Å². The summed E-state index contributed by atoms with van der Waals surface area (Å²) in [7, 11) is 2.11. The minimum Gasteiger partial charge on any atom is -0.313 e. The molecule has 67 valence electrons. The van der Waals surface area contributed by atoms with Crippen molar-refractivity contribution in [3.8, 4) is 0 Å². The van der Waals surface area contributed by atoms with Gasteiger partial charge in [-0.2, -0.15) is 17.6 Å². The van der Waals surface area contributed by atoms with Crippen molar-refractivity contribution in [1.82, 2.24) is 0 Å². The molecule has 0 aromatic carbocycles. The highest BCUT2D eigenvalue weighted by molar-refractivity contribution is 4.82. The first kappa shape index (κ1) is 10.6. The maximum atomic E-state index is 12.0. The predicted octanol–water partition coefficient (Wildman–Crippen LogP) is 2.38. The summed E-state index contributed by atoms with van der Waals surface area (Å²) in [6.07, 6.45) is -7.85. The molecule has 0 saturated carbocycles. The summed E-state index contributed by atoms with van der Waals surface area (Å²) >= 11 is 0. The lowest BCUT2D eigenvalue weighted by Crippen LogP contribution is -2.47. The van der Waals surface area contributed by atoms with Crippen LogP contribution in [0.1, 0.15) is 6.92 Å². The van der Waals surface area contributed by atoms with E-state index >= 15 is 0 Å². The predicted molar refractivity (Wildman–Crippen MR) is 26.9 cm³/mol. The van der Waals surface area contributed by atoms with Crippen LogP contribution in [0, 0.1) is 7.11 Å². The average Bonchev–Trinajstić information content (AvgIpc) is 1.87. The van der Waals surface area contributed by atoms with Gasteiger partial charge in [0.25, 0.3) is 0 Å². The standard InChI is InChI=1S/C5H6F5O/c1-3(6)4(7,8)5(9,10)11-2/h3H,2H2,1H3. The topological polar surface area (TPSA) is 9.23 Å². The normalized spacial score (nSPS) is 16.6. The molecule has 0 bridgehead atoms. The number of rotatable bonds is 3. The van der Waals surface area contributed by atoms with Crippen LogP contribution < -0.4 is 0 Å². The van der Waals surface area contributed by atoms with Crippen LogP contribution in [-0.2, 0) is 4.74 Å². The van der Waals surface area contributed by atoms with E-state index in [-0.39, 0.29) is 0 Å². The van der Waals surface area contributed by atoms with Crippen LogP contribution in [-0.4, -0.2) is 18.2 Å². The highest BCUT2D eigenvalue weighted by Gasteiger charge is 2.61. The highest BCUT2D eigenvalue weighted by atomic mass is 19.3. The van der Waals surface area contributed by atoms with Crippen LogP contribution in [0.4, 0.5) is 22.0 Å². The van der Waals surface area contributed by atoms with Crippen molar-refractivity contribution in [3.05, 3.63) is 7.11 Å². The average molecular weight is 177 g/mol. The molecule has 0 fully saturated rings. The quantitative estimate of drug-likeness (QED) is 0.601. The Balaban J connectivity index is 4.53. The van der Waals surface area contributed by atoms with Gasteiger partial charge in [-0.25, -0.2) is 4.39 Å². The Labute approximate surface area is 60.1 Å². The summed E-state index contributed by atoms with van der Waals surface area (Å²) < 4.78 is 62.6. The molecule has 0 aliphatic carbocycles. The molecule has 0 N–H and O–H groups in total. The monoisotopic (exact) mass is 177 g/mol. The van der Waals surface area contributed by atoms with Gasteiger partial charge < -0.3 is 4.74 Å². The molecule has 0 aliphatic rings. The number of ether oxygens (including phenoxy) is 1. The molecular formula is C5H6F5O. The maximum Gasteiger partial charge on any atom is 0.422 e. The Morgan fingerprint density at radius 3 is 1.73 bits per heavy atom. The van der Waals surface area contributed by atoms with Gasteiger partial charge in [-0.05, 0) is 6.92 Å². The van der Waals surface area contributed by atoms with Crippen LogP contribution in [0.25, 0.3) is 0 Å². The summed E-state index contributed by atoms with van der Waals surface area (Å²) in [5, 5.41) is 0. The SMILES string of the molecule is [CH2]OC(F)(F)C(F)(F)C(C)F. The molecule has 0 saturated heterocycles. The minimum absolute atomic E-state index is 0.312. The number of hydrogen-bond donors (Lipinski definition) is 0. The smallest absolute Gasteiger partial charge is 0.313 e. The van der Waals surface area contributed by atoms with E-state index in [1.807, 2.05) is 0 Å². The van der Waals surface area contributed by atoms with E-state index in [2.05, 4.69) is 11.8 Å². The van der Waals surface area contributed by atoms with Crippen molar-refractivity contribution < 1.29 is 26.7 Å². The first-order valence-electron chi connectivity index (χ1n) is 2.58. The lowest BCUT2D eigenvalue weighted by atomic mass is 10.2. The first-order valence-corrected chi connectivity index (χ1v) is 2.58. The Morgan fingerprint density at radius 2 is 1.64 bits per heavy atom. The highest BCUT2D eigenvalue weighted by Crippen LogP contribution is 2.38. The minimum atomic E-state index is -4.86. The van der Waals surface area contributed by atoms with Gasteiger partial charge in [0.15, 0.2) is 6.17 Å².